The lowest BCUT2D eigenvalue weighted by atomic mass is 9.84. The monoisotopic (exact) mass is 398 g/mol. The van der Waals surface area contributed by atoms with Crippen LogP contribution in [0.5, 0.6) is 0 Å². The van der Waals surface area contributed by atoms with E-state index < -0.39 is 0 Å². The maximum atomic E-state index is 13.6. The van der Waals surface area contributed by atoms with E-state index in [4.69, 9.17) is 9.72 Å². The number of aromatic nitrogens is 3. The van der Waals surface area contributed by atoms with Gasteiger partial charge in [0.1, 0.15) is 0 Å². The second kappa shape index (κ2) is 8.42. The molecule has 0 aromatic carbocycles. The lowest BCUT2D eigenvalue weighted by molar-refractivity contribution is -0.0562. The van der Waals surface area contributed by atoms with Crippen LogP contribution < -0.4 is 0 Å². The Morgan fingerprint density at radius 1 is 1.17 bits per heavy atom. The number of pyridine rings is 1. The van der Waals surface area contributed by atoms with Crippen LogP contribution in [0.25, 0.3) is 11.0 Å². The zero-order valence-corrected chi connectivity index (χ0v) is 18.2. The smallest absolute Gasteiger partial charge is 0.254 e. The van der Waals surface area contributed by atoms with E-state index in [2.05, 4.69) is 32.8 Å². The number of hydrogen-bond acceptors (Lipinski definition) is 4. The van der Waals surface area contributed by atoms with Gasteiger partial charge in [-0.3, -0.25) is 4.79 Å². The number of hydrogen-bond donors (Lipinski definition) is 0. The van der Waals surface area contributed by atoms with Crippen molar-refractivity contribution < 1.29 is 9.53 Å². The molecule has 1 aliphatic carbocycles. The van der Waals surface area contributed by atoms with Gasteiger partial charge >= 0.3 is 0 Å². The molecule has 0 radical (unpaired) electrons. The third kappa shape index (κ3) is 4.04. The average molecular weight is 399 g/mol. The van der Waals surface area contributed by atoms with E-state index >= 15 is 0 Å². The summed E-state index contributed by atoms with van der Waals surface area (Å²) in [4.78, 5) is 20.4. The predicted octanol–water partition coefficient (Wildman–Crippen LogP) is 4.56. The first-order chi connectivity index (χ1) is 14.0. The highest BCUT2D eigenvalue weighted by Crippen LogP contribution is 2.31. The molecule has 6 heteroatoms. The standard InChI is InChI=1S/C23H34N4O2/c1-15(2)20-12-18(19-13-24-27(16(3)4)22(19)25-20)23(28)26-10-11-29-21(14-26)17-8-6-5-7-9-17/h12-13,15-17,21H,5-11,14H2,1-4H3/t21-/m0/s1. The van der Waals surface area contributed by atoms with Crippen LogP contribution >= 0.6 is 0 Å². The van der Waals surface area contributed by atoms with Gasteiger partial charge in [-0.25, -0.2) is 9.67 Å². The van der Waals surface area contributed by atoms with Crippen molar-refractivity contribution in [1.82, 2.24) is 19.7 Å². The Kier molecular flexibility index (Phi) is 5.91. The first-order valence-corrected chi connectivity index (χ1v) is 11.2. The van der Waals surface area contributed by atoms with Crippen LogP contribution in [0.4, 0.5) is 0 Å². The Labute approximate surface area is 173 Å². The molecule has 2 aromatic heterocycles. The fraction of sp³-hybridized carbons (Fsp3) is 0.696. The van der Waals surface area contributed by atoms with Crippen molar-refractivity contribution in [2.75, 3.05) is 19.7 Å². The molecular weight excluding hydrogens is 364 g/mol. The average Bonchev–Trinajstić information content (AvgIpc) is 3.17. The molecule has 4 rings (SSSR count). The van der Waals surface area contributed by atoms with Gasteiger partial charge in [-0.05, 0) is 44.6 Å². The fourth-order valence-electron chi connectivity index (χ4n) is 4.71. The van der Waals surface area contributed by atoms with Gasteiger partial charge in [0, 0.05) is 24.8 Å². The number of fused-ring (bicyclic) bond motifs is 1. The maximum absolute atomic E-state index is 13.6. The zero-order chi connectivity index (χ0) is 20.5. The van der Waals surface area contributed by atoms with E-state index in [0.717, 1.165) is 22.3 Å². The molecule has 0 spiro atoms. The molecule has 1 atom stereocenters. The van der Waals surface area contributed by atoms with Crippen molar-refractivity contribution in [2.24, 2.45) is 5.92 Å². The highest BCUT2D eigenvalue weighted by Gasteiger charge is 2.32. The van der Waals surface area contributed by atoms with Gasteiger partial charge in [0.25, 0.3) is 5.91 Å². The van der Waals surface area contributed by atoms with Gasteiger partial charge in [-0.15, -0.1) is 0 Å². The van der Waals surface area contributed by atoms with Crippen LogP contribution in [-0.4, -0.2) is 51.4 Å². The van der Waals surface area contributed by atoms with Gasteiger partial charge in [-0.1, -0.05) is 33.1 Å². The number of amides is 1. The molecule has 2 aromatic rings. The van der Waals surface area contributed by atoms with E-state index in [-0.39, 0.29) is 24.0 Å². The molecular formula is C23H34N4O2. The minimum absolute atomic E-state index is 0.0896. The summed E-state index contributed by atoms with van der Waals surface area (Å²) in [6.45, 7) is 10.4. The van der Waals surface area contributed by atoms with Crippen LogP contribution in [0.2, 0.25) is 0 Å². The molecule has 1 saturated heterocycles. The molecule has 2 fully saturated rings. The van der Waals surface area contributed by atoms with Crippen molar-refractivity contribution in [3.63, 3.8) is 0 Å². The third-order valence-corrected chi connectivity index (χ3v) is 6.45. The predicted molar refractivity (Wildman–Crippen MR) is 114 cm³/mol. The van der Waals surface area contributed by atoms with E-state index in [0.29, 0.717) is 25.6 Å². The minimum atomic E-state index is 0.0896. The Balaban J connectivity index is 1.65. The second-order valence-corrected chi connectivity index (χ2v) is 9.23. The molecule has 1 saturated carbocycles. The quantitative estimate of drug-likeness (QED) is 0.758. The van der Waals surface area contributed by atoms with Crippen molar-refractivity contribution in [1.29, 1.82) is 0 Å². The van der Waals surface area contributed by atoms with Crippen LogP contribution in [0, 0.1) is 5.92 Å². The normalized spacial score (nSPS) is 21.4. The van der Waals surface area contributed by atoms with Gasteiger partial charge < -0.3 is 9.64 Å². The molecule has 158 valence electrons. The number of ether oxygens (including phenoxy) is 1. The summed E-state index contributed by atoms with van der Waals surface area (Å²) in [5.74, 6) is 0.930. The molecule has 0 N–H and O–H groups in total. The van der Waals surface area contributed by atoms with E-state index in [1.165, 1.54) is 32.1 Å². The van der Waals surface area contributed by atoms with Crippen molar-refractivity contribution in [3.8, 4) is 0 Å². The van der Waals surface area contributed by atoms with Crippen molar-refractivity contribution in [2.45, 2.75) is 77.9 Å². The topological polar surface area (TPSA) is 60.3 Å². The van der Waals surface area contributed by atoms with Crippen LogP contribution in [0.15, 0.2) is 12.3 Å². The molecule has 6 nitrogen and oxygen atoms in total. The van der Waals surface area contributed by atoms with E-state index in [1.54, 1.807) is 6.20 Å². The molecule has 2 aliphatic rings. The van der Waals surface area contributed by atoms with Crippen LogP contribution in [0.3, 0.4) is 0 Å². The SMILES string of the molecule is CC(C)c1cc(C(=O)N2CCO[C@H](C3CCCCC3)C2)c2cnn(C(C)C)c2n1. The number of carbonyl (C=O) groups is 1. The second-order valence-electron chi connectivity index (χ2n) is 9.23. The van der Waals surface area contributed by atoms with Gasteiger partial charge in [0.2, 0.25) is 0 Å². The number of rotatable bonds is 4. The molecule has 0 bridgehead atoms. The van der Waals surface area contributed by atoms with Gasteiger partial charge in [-0.2, -0.15) is 5.10 Å². The Morgan fingerprint density at radius 3 is 2.62 bits per heavy atom. The molecule has 1 amide bonds. The van der Waals surface area contributed by atoms with Crippen molar-refractivity contribution >= 4 is 16.9 Å². The Hall–Kier alpha value is -1.95. The lowest BCUT2D eigenvalue weighted by Gasteiger charge is -2.38. The zero-order valence-electron chi connectivity index (χ0n) is 18.2. The summed E-state index contributed by atoms with van der Waals surface area (Å²) >= 11 is 0. The Morgan fingerprint density at radius 2 is 1.93 bits per heavy atom. The summed E-state index contributed by atoms with van der Waals surface area (Å²) in [6.07, 6.45) is 8.34. The Bertz CT molecular complexity index is 867. The molecule has 3 heterocycles. The molecule has 0 unspecified atom stereocenters. The number of nitrogens with zero attached hydrogens (tertiary/aromatic N) is 4. The first-order valence-electron chi connectivity index (χ1n) is 11.2. The van der Waals surface area contributed by atoms with Gasteiger partial charge in [0.15, 0.2) is 5.65 Å². The number of carbonyl (C=O) groups excluding carboxylic acids is 1. The van der Waals surface area contributed by atoms with E-state index in [1.807, 2.05) is 15.6 Å². The van der Waals surface area contributed by atoms with Gasteiger partial charge in [0.05, 0.1) is 29.9 Å². The highest BCUT2D eigenvalue weighted by atomic mass is 16.5. The molecule has 29 heavy (non-hydrogen) atoms. The highest BCUT2D eigenvalue weighted by molar-refractivity contribution is 6.05. The largest absolute Gasteiger partial charge is 0.374 e. The summed E-state index contributed by atoms with van der Waals surface area (Å²) in [7, 11) is 0. The summed E-state index contributed by atoms with van der Waals surface area (Å²) in [6, 6.07) is 2.18. The third-order valence-electron chi connectivity index (χ3n) is 6.45. The number of morpholine rings is 1. The summed E-state index contributed by atoms with van der Waals surface area (Å²) < 4.78 is 8.01. The minimum Gasteiger partial charge on any atom is -0.374 e. The van der Waals surface area contributed by atoms with Crippen LogP contribution in [-0.2, 0) is 4.74 Å². The van der Waals surface area contributed by atoms with Crippen LogP contribution in [0.1, 0.15) is 87.8 Å². The maximum Gasteiger partial charge on any atom is 0.254 e. The molecule has 1 aliphatic heterocycles. The summed E-state index contributed by atoms with van der Waals surface area (Å²) in [5.41, 5.74) is 2.49. The lowest BCUT2D eigenvalue weighted by Crippen LogP contribution is -2.48. The summed E-state index contributed by atoms with van der Waals surface area (Å²) in [5, 5.41) is 5.39. The van der Waals surface area contributed by atoms with Crippen molar-refractivity contribution in [3.05, 3.63) is 23.5 Å². The van der Waals surface area contributed by atoms with E-state index in [9.17, 15) is 4.79 Å². The first kappa shape index (κ1) is 20.3. The fourth-order valence-corrected chi connectivity index (χ4v) is 4.71.